The van der Waals surface area contributed by atoms with E-state index in [2.05, 4.69) is 33.8 Å². The van der Waals surface area contributed by atoms with Crippen molar-refractivity contribution in [1.29, 1.82) is 0 Å². The first-order chi connectivity index (χ1) is 23.2. The number of fused-ring (bicyclic) bond motifs is 5. The van der Waals surface area contributed by atoms with Gasteiger partial charge in [0.1, 0.15) is 4.64 Å². The van der Waals surface area contributed by atoms with Gasteiger partial charge < -0.3 is 23.8 Å². The smallest absolute Gasteiger partial charge is 0.336 e. The SMILES string of the molecule is COCCOCCOCCOCc1ccn(OC(=O)C2CCC3(C)C(=CCC4C3CCC3(C)C(CCCCC(C)C)CCC43)C2)c(=S)c1. The van der Waals surface area contributed by atoms with Gasteiger partial charge in [-0.15, -0.1) is 0 Å². The van der Waals surface area contributed by atoms with E-state index in [1.165, 1.54) is 68.1 Å². The molecule has 48 heavy (non-hydrogen) atoms. The van der Waals surface area contributed by atoms with E-state index in [-0.39, 0.29) is 17.3 Å². The van der Waals surface area contributed by atoms with Crippen molar-refractivity contribution in [1.82, 2.24) is 4.73 Å². The van der Waals surface area contributed by atoms with Gasteiger partial charge in [0.2, 0.25) is 0 Å². The molecule has 0 aliphatic heterocycles. The van der Waals surface area contributed by atoms with Gasteiger partial charge in [0.25, 0.3) is 0 Å². The third kappa shape index (κ3) is 9.01. The first-order valence-corrected chi connectivity index (χ1v) is 19.4. The zero-order valence-corrected chi connectivity index (χ0v) is 31.3. The minimum atomic E-state index is -0.171. The Balaban J connectivity index is 1.08. The van der Waals surface area contributed by atoms with Crippen LogP contribution in [0.5, 0.6) is 0 Å². The molecule has 1 aromatic rings. The van der Waals surface area contributed by atoms with Crippen molar-refractivity contribution in [3.05, 3.63) is 40.2 Å². The molecule has 4 aliphatic carbocycles. The molecule has 4 aliphatic rings. The van der Waals surface area contributed by atoms with Crippen LogP contribution in [0, 0.1) is 51.0 Å². The van der Waals surface area contributed by atoms with Crippen LogP contribution in [0.3, 0.4) is 0 Å². The predicted octanol–water partition coefficient (Wildman–Crippen LogP) is 8.78. The second-order valence-corrected chi connectivity index (χ2v) is 16.5. The summed E-state index contributed by atoms with van der Waals surface area (Å²) in [7, 11) is 1.65. The van der Waals surface area contributed by atoms with Crippen molar-refractivity contribution in [2.24, 2.45) is 46.3 Å². The summed E-state index contributed by atoms with van der Waals surface area (Å²) in [5.41, 5.74) is 3.20. The Kier molecular flexibility index (Phi) is 13.8. The average molecular weight is 686 g/mol. The Morgan fingerprint density at radius 3 is 2.44 bits per heavy atom. The fourth-order valence-corrected chi connectivity index (χ4v) is 10.3. The summed E-state index contributed by atoms with van der Waals surface area (Å²) in [5.74, 6) is 3.87. The van der Waals surface area contributed by atoms with Crippen LogP contribution in [-0.2, 0) is 30.3 Å². The Morgan fingerprint density at radius 2 is 1.71 bits per heavy atom. The van der Waals surface area contributed by atoms with E-state index in [0.717, 1.165) is 54.4 Å². The van der Waals surface area contributed by atoms with E-state index >= 15 is 0 Å². The molecule has 0 N–H and O–H groups in total. The summed E-state index contributed by atoms with van der Waals surface area (Å²) < 4.78 is 23.5. The summed E-state index contributed by atoms with van der Waals surface area (Å²) in [5, 5.41) is 0. The lowest BCUT2D eigenvalue weighted by atomic mass is 9.47. The van der Waals surface area contributed by atoms with Gasteiger partial charge in [-0.1, -0.05) is 70.8 Å². The standard InChI is InChI=1S/C40H63NO6S/c1-29(2)8-6-7-9-32-11-13-35-34-12-10-33-27-31(14-17-40(33,4)36(34)15-18-39(32,35)3)38(42)47-41-19-16-30(26-37(41)48)28-46-25-24-45-23-22-44-21-20-43-5/h10,16,19,26,29,31-32,34-36H,6-9,11-15,17-18,20-25,27-28H2,1-5H3. The molecule has 0 bridgehead atoms. The van der Waals surface area contributed by atoms with Crippen molar-refractivity contribution in [2.45, 2.75) is 111 Å². The largest absolute Gasteiger partial charge is 0.382 e. The zero-order chi connectivity index (χ0) is 34.1. The number of nitrogens with zero attached hydrogens (tertiary/aromatic N) is 1. The molecule has 0 aromatic carbocycles. The molecule has 0 spiro atoms. The lowest BCUT2D eigenvalue weighted by Crippen LogP contribution is -2.50. The first-order valence-electron chi connectivity index (χ1n) is 19.0. The molecule has 1 aromatic heterocycles. The Hall–Kier alpha value is -1.58. The van der Waals surface area contributed by atoms with Crippen LogP contribution in [0.2, 0.25) is 0 Å². The van der Waals surface area contributed by atoms with Crippen molar-refractivity contribution < 1.29 is 28.6 Å². The van der Waals surface area contributed by atoms with Gasteiger partial charge in [-0.25, -0.2) is 4.79 Å². The highest BCUT2D eigenvalue weighted by Crippen LogP contribution is 2.67. The monoisotopic (exact) mass is 685 g/mol. The highest BCUT2D eigenvalue weighted by molar-refractivity contribution is 7.71. The van der Waals surface area contributed by atoms with Crippen LogP contribution in [-0.4, -0.2) is 57.5 Å². The van der Waals surface area contributed by atoms with E-state index in [0.29, 0.717) is 56.3 Å². The fourth-order valence-electron chi connectivity index (χ4n) is 10.0. The highest BCUT2D eigenvalue weighted by atomic mass is 32.1. The predicted molar refractivity (Wildman–Crippen MR) is 192 cm³/mol. The number of carbonyl (C=O) groups excluding carboxylic acids is 1. The van der Waals surface area contributed by atoms with Gasteiger partial charge in [0, 0.05) is 13.3 Å². The molecule has 8 heteroatoms. The van der Waals surface area contributed by atoms with Gasteiger partial charge in [0.15, 0.2) is 0 Å². The fraction of sp³-hybridized carbons (Fsp3) is 0.800. The number of hydrogen-bond donors (Lipinski definition) is 0. The number of hydrogen-bond acceptors (Lipinski definition) is 7. The molecule has 7 nitrogen and oxygen atoms in total. The lowest BCUT2D eigenvalue weighted by Gasteiger charge is -2.58. The second-order valence-electron chi connectivity index (χ2n) is 16.1. The normalized spacial score (nSPS) is 31.2. The number of methoxy groups -OCH3 is 1. The summed E-state index contributed by atoms with van der Waals surface area (Å²) in [6.07, 6.45) is 19.5. The summed E-state index contributed by atoms with van der Waals surface area (Å²) in [6.45, 7) is 13.5. The molecular formula is C40H63NO6S. The number of ether oxygens (including phenoxy) is 4. The van der Waals surface area contributed by atoms with Gasteiger partial charge in [-0.3, -0.25) is 0 Å². The van der Waals surface area contributed by atoms with Gasteiger partial charge >= 0.3 is 5.97 Å². The minimum Gasteiger partial charge on any atom is -0.382 e. The maximum absolute atomic E-state index is 13.4. The van der Waals surface area contributed by atoms with Crippen molar-refractivity contribution >= 4 is 18.2 Å². The van der Waals surface area contributed by atoms with Crippen LogP contribution in [0.15, 0.2) is 30.0 Å². The van der Waals surface area contributed by atoms with Crippen LogP contribution < -0.4 is 4.84 Å². The number of allylic oxidation sites excluding steroid dienone is 2. The summed E-state index contributed by atoms with van der Waals surface area (Å²) in [6, 6.07) is 3.73. The van der Waals surface area contributed by atoms with E-state index < -0.39 is 0 Å². The van der Waals surface area contributed by atoms with Crippen LogP contribution in [0.4, 0.5) is 0 Å². The Morgan fingerprint density at radius 1 is 0.958 bits per heavy atom. The second kappa shape index (κ2) is 17.6. The molecule has 7 unspecified atom stereocenters. The van der Waals surface area contributed by atoms with E-state index in [1.807, 2.05) is 12.1 Å². The summed E-state index contributed by atoms with van der Waals surface area (Å²) in [4.78, 5) is 19.3. The molecule has 3 saturated carbocycles. The number of rotatable bonds is 18. The van der Waals surface area contributed by atoms with Gasteiger partial charge in [-0.2, -0.15) is 4.73 Å². The molecule has 0 saturated heterocycles. The Labute approximate surface area is 295 Å². The third-order valence-electron chi connectivity index (χ3n) is 12.8. The molecule has 0 amide bonds. The van der Waals surface area contributed by atoms with E-state index in [1.54, 1.807) is 13.3 Å². The van der Waals surface area contributed by atoms with Crippen LogP contribution in [0.1, 0.15) is 110 Å². The maximum atomic E-state index is 13.4. The van der Waals surface area contributed by atoms with E-state index in [4.69, 9.17) is 36.0 Å². The molecule has 0 radical (unpaired) electrons. The van der Waals surface area contributed by atoms with Crippen LogP contribution in [0.25, 0.3) is 0 Å². The molecule has 1 heterocycles. The highest BCUT2D eigenvalue weighted by Gasteiger charge is 2.58. The Bertz CT molecular complexity index is 1280. The zero-order valence-electron chi connectivity index (χ0n) is 30.5. The molecule has 270 valence electrons. The molecular weight excluding hydrogens is 623 g/mol. The van der Waals surface area contributed by atoms with Crippen molar-refractivity contribution in [2.75, 3.05) is 46.8 Å². The quantitative estimate of drug-likeness (QED) is 0.0870. The number of carbonyl (C=O) groups is 1. The minimum absolute atomic E-state index is 0.119. The van der Waals surface area contributed by atoms with E-state index in [9.17, 15) is 4.79 Å². The van der Waals surface area contributed by atoms with Gasteiger partial charge in [0.05, 0.1) is 52.2 Å². The molecule has 7 atom stereocenters. The first kappa shape index (κ1) is 37.7. The number of pyridine rings is 1. The van der Waals surface area contributed by atoms with Gasteiger partial charge in [-0.05, 0) is 116 Å². The summed E-state index contributed by atoms with van der Waals surface area (Å²) >= 11 is 5.58. The van der Waals surface area contributed by atoms with Crippen LogP contribution >= 0.6 is 12.2 Å². The maximum Gasteiger partial charge on any atom is 0.336 e. The van der Waals surface area contributed by atoms with Crippen molar-refractivity contribution in [3.8, 4) is 0 Å². The lowest BCUT2D eigenvalue weighted by molar-refractivity contribution is -0.151. The van der Waals surface area contributed by atoms with Crippen molar-refractivity contribution in [3.63, 3.8) is 0 Å². The average Bonchev–Trinajstić information content (AvgIpc) is 3.40. The topological polar surface area (TPSA) is 68.2 Å². The third-order valence-corrected chi connectivity index (χ3v) is 13.1. The molecule has 5 rings (SSSR count). The number of unbranched alkanes of at least 4 members (excludes halogenated alkanes) is 1. The molecule has 3 fully saturated rings. The number of aromatic nitrogens is 1.